The number of nitrogens with one attached hydrogen (secondary N) is 7. The normalized spacial score (nSPS) is 17.9. The van der Waals surface area contributed by atoms with Crippen molar-refractivity contribution < 1.29 is 38.7 Å². The van der Waals surface area contributed by atoms with Gasteiger partial charge in [-0.25, -0.2) is 4.98 Å². The number of hydrogen-bond acceptors (Lipinski definition) is 13. The van der Waals surface area contributed by atoms with E-state index >= 15 is 0 Å². The van der Waals surface area contributed by atoms with Crippen molar-refractivity contribution in [2.45, 2.75) is 113 Å². The van der Waals surface area contributed by atoms with E-state index in [2.05, 4.69) is 51.6 Å². The molecule has 23 heteroatoms. The van der Waals surface area contributed by atoms with Crippen LogP contribution in [0, 0.1) is 0 Å². The van der Waals surface area contributed by atoms with Gasteiger partial charge in [-0.1, -0.05) is 30.3 Å². The van der Waals surface area contributed by atoms with Crippen molar-refractivity contribution in [3.63, 3.8) is 0 Å². The maximum Gasteiger partial charge on any atom is 0.246 e. The number of para-hydroxylation sites is 1. The molecule has 7 amide bonds. The van der Waals surface area contributed by atoms with Crippen molar-refractivity contribution in [2.75, 3.05) is 19.6 Å². The average Bonchev–Trinajstić information content (AvgIpc) is 4.22. The number of phenolic OH excluding ortho intramolecular Hbond substituents is 1. The number of carbonyl (C=O) groups is 7. The van der Waals surface area contributed by atoms with Gasteiger partial charge in [0.25, 0.3) is 0 Å². The molecule has 0 saturated carbocycles. The molecule has 2 fully saturated rings. The minimum Gasteiger partial charge on any atom is -0.508 e. The molecule has 2 aromatic carbocycles. The van der Waals surface area contributed by atoms with Crippen molar-refractivity contribution in [2.24, 2.45) is 17.2 Å². The van der Waals surface area contributed by atoms with Gasteiger partial charge >= 0.3 is 0 Å². The molecule has 0 unspecified atom stereocenters. The number of unbranched alkanes of at least 4 members (excludes halogenated alkanes) is 1. The molecule has 23 nitrogen and oxygen atoms in total. The molecule has 2 aliphatic heterocycles. The lowest BCUT2D eigenvalue weighted by molar-refractivity contribution is -0.144. The van der Waals surface area contributed by atoms with Gasteiger partial charge in [0.15, 0.2) is 0 Å². The molecule has 0 radical (unpaired) electrons. The minimum absolute atomic E-state index is 0.00201. The first kappa shape index (κ1) is 50.2. The van der Waals surface area contributed by atoms with Gasteiger partial charge in [0.2, 0.25) is 41.4 Å². The summed E-state index contributed by atoms with van der Waals surface area (Å²) in [5, 5.41) is 32.2. The fourth-order valence-corrected chi connectivity index (χ4v) is 9.13. The van der Waals surface area contributed by atoms with Crippen LogP contribution >= 0.6 is 0 Å². The summed E-state index contributed by atoms with van der Waals surface area (Å²) in [6.07, 6.45) is 9.01. The van der Waals surface area contributed by atoms with Crippen LogP contribution in [-0.2, 0) is 59.2 Å². The highest BCUT2D eigenvalue weighted by atomic mass is 16.3. The summed E-state index contributed by atoms with van der Waals surface area (Å²) in [7, 11) is 0. The Balaban J connectivity index is 1.08. The van der Waals surface area contributed by atoms with Crippen molar-refractivity contribution in [3.05, 3.63) is 96.0 Å². The van der Waals surface area contributed by atoms with E-state index in [0.29, 0.717) is 49.2 Å². The minimum atomic E-state index is -1.23. The highest BCUT2D eigenvalue weighted by Gasteiger charge is 2.43. The van der Waals surface area contributed by atoms with Gasteiger partial charge in [0.05, 0.1) is 24.3 Å². The van der Waals surface area contributed by atoms with Gasteiger partial charge in [-0.3, -0.25) is 33.6 Å². The lowest BCUT2D eigenvalue weighted by atomic mass is 10.0. The molecule has 0 spiro atoms. The lowest BCUT2D eigenvalue weighted by Gasteiger charge is -2.32. The molecule has 372 valence electrons. The van der Waals surface area contributed by atoms with E-state index in [1.54, 1.807) is 18.3 Å². The molecule has 2 saturated heterocycles. The van der Waals surface area contributed by atoms with Crippen LogP contribution in [0.4, 0.5) is 0 Å². The SMILES string of the molecule is NCCCC[C@H](NC(=O)[C@H](Cc1ccc(O)cc1)NC(=O)[C@@H]1CCCN1C(=O)[C@H](Cc1cnc[nH]1)NC(=O)[C@@H]1CCCN1C(=O)[C@H](Cc1c[nH]c2ccccc12)NC(=O)[C@@H](N)Cc1cn[nH]n1)C(N)=O. The second kappa shape index (κ2) is 23.6. The van der Waals surface area contributed by atoms with Crippen LogP contribution in [0.5, 0.6) is 5.75 Å². The molecule has 0 aliphatic carbocycles. The van der Waals surface area contributed by atoms with Gasteiger partial charge in [-0.2, -0.15) is 15.4 Å². The summed E-state index contributed by atoms with van der Waals surface area (Å²) in [6, 6.07) is 5.88. The predicted molar refractivity (Wildman–Crippen MR) is 253 cm³/mol. The molecular weight excluding hydrogens is 903 g/mol. The lowest BCUT2D eigenvalue weighted by Crippen LogP contribution is -2.60. The van der Waals surface area contributed by atoms with Crippen LogP contribution in [0.2, 0.25) is 0 Å². The number of phenols is 1. The summed E-state index contributed by atoms with van der Waals surface area (Å²) < 4.78 is 0. The smallest absolute Gasteiger partial charge is 0.246 e. The zero-order chi connectivity index (χ0) is 49.7. The predicted octanol–water partition coefficient (Wildman–Crippen LogP) is -1.15. The summed E-state index contributed by atoms with van der Waals surface area (Å²) in [4.78, 5) is 111. The Morgan fingerprint density at radius 1 is 0.743 bits per heavy atom. The molecule has 7 atom stereocenters. The number of aromatic nitrogens is 6. The van der Waals surface area contributed by atoms with Gasteiger partial charge in [-0.15, -0.1) is 0 Å². The van der Waals surface area contributed by atoms with Gasteiger partial charge in [-0.05, 0) is 80.8 Å². The number of rotatable bonds is 23. The quantitative estimate of drug-likeness (QED) is 0.0345. The Bertz CT molecular complexity index is 2590. The van der Waals surface area contributed by atoms with E-state index < -0.39 is 83.6 Å². The summed E-state index contributed by atoms with van der Waals surface area (Å²) in [6.45, 7) is 0.745. The number of amides is 7. The number of hydrogen-bond donors (Lipinski definition) is 11. The molecule has 5 aromatic rings. The number of H-pyrrole nitrogens is 3. The van der Waals surface area contributed by atoms with E-state index in [1.807, 2.05) is 24.3 Å². The van der Waals surface area contributed by atoms with Crippen LogP contribution < -0.4 is 38.5 Å². The number of aromatic hydroxyl groups is 1. The van der Waals surface area contributed by atoms with Crippen molar-refractivity contribution in [1.82, 2.24) is 61.4 Å². The van der Waals surface area contributed by atoms with Gasteiger partial charge < -0.3 is 63.3 Å². The maximum absolute atomic E-state index is 14.7. The van der Waals surface area contributed by atoms with Crippen LogP contribution in [0.15, 0.2) is 73.4 Å². The number of benzene rings is 2. The fourth-order valence-electron chi connectivity index (χ4n) is 9.13. The monoisotopic (exact) mass is 963 g/mol. The largest absolute Gasteiger partial charge is 0.508 e. The Morgan fingerprint density at radius 3 is 2.03 bits per heavy atom. The van der Waals surface area contributed by atoms with E-state index in [1.165, 1.54) is 40.7 Å². The van der Waals surface area contributed by atoms with Crippen LogP contribution in [0.3, 0.4) is 0 Å². The Kier molecular flexibility index (Phi) is 16.9. The van der Waals surface area contributed by atoms with Gasteiger partial charge in [0, 0.05) is 67.8 Å². The van der Waals surface area contributed by atoms with E-state index in [9.17, 15) is 38.7 Å². The highest BCUT2D eigenvalue weighted by Crippen LogP contribution is 2.25. The number of fused-ring (bicyclic) bond motifs is 1. The van der Waals surface area contributed by atoms with Crippen molar-refractivity contribution >= 4 is 52.3 Å². The fraction of sp³-hybridized carbons (Fsp3) is 0.447. The molecule has 70 heavy (non-hydrogen) atoms. The first-order valence-electron chi connectivity index (χ1n) is 23.5. The number of nitrogens with zero attached hydrogens (tertiary/aromatic N) is 5. The standard InChI is InChI=1S/C47H61N15O8/c48-16-4-3-9-35(41(50)64)55-43(66)36(19-27-12-14-31(63)15-13-27)56-44(67)39-10-5-18-62(39)47(70)38(22-29-24-51-26-53-29)58-45(68)40-11-6-17-61(40)46(69)37(20-28-23-52-34-8-2-1-7-32(28)34)57-42(65)33(49)21-30-25-54-60-59-30/h1-2,7-8,12-15,23-26,33,35-40,52,63H,3-6,9-11,16-22,48-49H2,(H2,50,64)(H,51,53)(H,55,66)(H,56,67)(H,57,65)(H,58,68)(H,54,59,60)/t33-,35-,36-,37-,38-,39-,40-/m0/s1. The number of nitrogens with two attached hydrogens (primary N) is 3. The van der Waals surface area contributed by atoms with Crippen molar-refractivity contribution in [1.29, 1.82) is 0 Å². The number of imidazole rings is 1. The van der Waals surface area contributed by atoms with Gasteiger partial charge in [0.1, 0.15) is 42.0 Å². The molecule has 7 rings (SSSR count). The van der Waals surface area contributed by atoms with E-state index in [4.69, 9.17) is 17.2 Å². The zero-order valence-corrected chi connectivity index (χ0v) is 38.6. The third kappa shape index (κ3) is 12.7. The topological polar surface area (TPSA) is 358 Å². The average molecular weight is 964 g/mol. The van der Waals surface area contributed by atoms with E-state index in [-0.39, 0.29) is 63.8 Å². The summed E-state index contributed by atoms with van der Waals surface area (Å²) in [5.41, 5.74) is 20.7. The Hall–Kier alpha value is -7.66. The molecule has 5 heterocycles. The molecule has 0 bridgehead atoms. The number of likely N-dealkylation sites (tertiary alicyclic amines) is 2. The summed E-state index contributed by atoms with van der Waals surface area (Å²) >= 11 is 0. The third-order valence-corrected chi connectivity index (χ3v) is 12.8. The highest BCUT2D eigenvalue weighted by molar-refractivity contribution is 5.98. The van der Waals surface area contributed by atoms with Crippen molar-refractivity contribution in [3.8, 4) is 5.75 Å². The first-order chi connectivity index (χ1) is 33.8. The Morgan fingerprint density at radius 2 is 1.40 bits per heavy atom. The third-order valence-electron chi connectivity index (χ3n) is 12.8. The Labute approximate surface area is 402 Å². The zero-order valence-electron chi connectivity index (χ0n) is 38.6. The van der Waals surface area contributed by atoms with Crippen LogP contribution in [-0.4, -0.2) is 149 Å². The molecule has 3 aromatic heterocycles. The number of aromatic amines is 3. The second-order valence-electron chi connectivity index (χ2n) is 17.8. The first-order valence-corrected chi connectivity index (χ1v) is 23.5. The molecule has 14 N–H and O–H groups in total. The maximum atomic E-state index is 14.7. The summed E-state index contributed by atoms with van der Waals surface area (Å²) in [5.74, 6) is -4.35. The van der Waals surface area contributed by atoms with Crippen LogP contribution in [0.25, 0.3) is 10.9 Å². The molecule has 2 aliphatic rings. The molecular formula is C47H61N15O8. The second-order valence-corrected chi connectivity index (χ2v) is 17.8. The van der Waals surface area contributed by atoms with Crippen LogP contribution in [0.1, 0.15) is 67.5 Å². The number of primary amides is 1. The van der Waals surface area contributed by atoms with E-state index in [0.717, 1.165) is 16.5 Å². The number of carbonyl (C=O) groups excluding carboxylic acids is 7.